The lowest BCUT2D eigenvalue weighted by Gasteiger charge is -2.24. The van der Waals surface area contributed by atoms with Crippen molar-refractivity contribution in [2.75, 3.05) is 0 Å². The van der Waals surface area contributed by atoms with E-state index in [9.17, 15) is 18.3 Å². The number of hydrogen-bond donors (Lipinski definition) is 1. The van der Waals surface area contributed by atoms with E-state index in [1.807, 2.05) is 41.8 Å². The maximum Gasteiger partial charge on any atom is 0.303 e. The first-order valence-corrected chi connectivity index (χ1v) is 15.8. The summed E-state index contributed by atoms with van der Waals surface area (Å²) in [5.41, 5.74) is 2.66. The van der Waals surface area contributed by atoms with Crippen molar-refractivity contribution < 1.29 is 23.1 Å². The van der Waals surface area contributed by atoms with E-state index in [2.05, 4.69) is 9.97 Å². The SMILES string of the molecule is CC(=O)OC1CC(O)(c2cccc(-c3csc(-c4cn(S(=O)(=O)c5ccccc5)c5ncccc45)n3)c2)c2ncccc21. The summed E-state index contributed by atoms with van der Waals surface area (Å²) in [5, 5.41) is 15.1. The molecule has 4 heterocycles. The molecule has 9 nitrogen and oxygen atoms in total. The van der Waals surface area contributed by atoms with Gasteiger partial charge in [-0.3, -0.25) is 9.78 Å². The van der Waals surface area contributed by atoms with Crippen LogP contribution in [0.4, 0.5) is 0 Å². The Morgan fingerprint density at radius 1 is 1.02 bits per heavy atom. The Labute approximate surface area is 251 Å². The zero-order chi connectivity index (χ0) is 29.8. The second-order valence-electron chi connectivity index (χ2n) is 10.3. The van der Waals surface area contributed by atoms with Crippen LogP contribution in [0.5, 0.6) is 0 Å². The van der Waals surface area contributed by atoms with Gasteiger partial charge in [0.1, 0.15) is 16.7 Å². The smallest absolute Gasteiger partial charge is 0.303 e. The Hall–Kier alpha value is -4.71. The fourth-order valence-corrected chi connectivity index (χ4v) is 7.81. The lowest BCUT2D eigenvalue weighted by atomic mass is 9.89. The van der Waals surface area contributed by atoms with Crippen LogP contribution in [0.2, 0.25) is 0 Å². The summed E-state index contributed by atoms with van der Waals surface area (Å²) < 4.78 is 33.8. The molecule has 0 fully saturated rings. The quantitative estimate of drug-likeness (QED) is 0.239. The molecule has 2 aromatic carbocycles. The van der Waals surface area contributed by atoms with Gasteiger partial charge < -0.3 is 9.84 Å². The van der Waals surface area contributed by atoms with E-state index in [0.717, 1.165) is 5.56 Å². The highest BCUT2D eigenvalue weighted by Crippen LogP contribution is 2.48. The molecule has 0 saturated heterocycles. The molecule has 1 aliphatic rings. The number of carbonyl (C=O) groups excluding carboxylic acids is 1. The van der Waals surface area contributed by atoms with Crippen LogP contribution in [0.15, 0.2) is 108 Å². The molecule has 4 aromatic heterocycles. The van der Waals surface area contributed by atoms with Crippen molar-refractivity contribution >= 4 is 38.4 Å². The van der Waals surface area contributed by atoms with Crippen molar-refractivity contribution in [3.05, 3.63) is 120 Å². The van der Waals surface area contributed by atoms with Gasteiger partial charge in [-0.2, -0.15) is 0 Å². The van der Waals surface area contributed by atoms with Gasteiger partial charge in [0, 0.05) is 59.4 Å². The molecule has 0 aliphatic heterocycles. The number of esters is 1. The van der Waals surface area contributed by atoms with Crippen LogP contribution in [0.25, 0.3) is 32.9 Å². The topological polar surface area (TPSA) is 124 Å². The van der Waals surface area contributed by atoms with Gasteiger partial charge in [0.25, 0.3) is 10.0 Å². The number of rotatable bonds is 6. The van der Waals surface area contributed by atoms with E-state index < -0.39 is 27.7 Å². The third-order valence-corrected chi connectivity index (χ3v) is 10.1. The minimum absolute atomic E-state index is 0.146. The van der Waals surface area contributed by atoms with Crippen LogP contribution >= 0.6 is 11.3 Å². The first-order chi connectivity index (χ1) is 20.8. The predicted octanol–water partition coefficient (Wildman–Crippen LogP) is 5.70. The minimum Gasteiger partial charge on any atom is -0.457 e. The molecule has 11 heteroatoms. The van der Waals surface area contributed by atoms with Crippen molar-refractivity contribution in [1.29, 1.82) is 0 Å². The number of nitrogens with zero attached hydrogens (tertiary/aromatic N) is 4. The van der Waals surface area contributed by atoms with E-state index in [1.165, 1.54) is 22.2 Å². The van der Waals surface area contributed by atoms with Crippen LogP contribution in [0, 0.1) is 0 Å². The van der Waals surface area contributed by atoms with Gasteiger partial charge in [-0.1, -0.05) is 42.5 Å². The second kappa shape index (κ2) is 10.2. The number of fused-ring (bicyclic) bond motifs is 2. The highest BCUT2D eigenvalue weighted by molar-refractivity contribution is 7.90. The zero-order valence-corrected chi connectivity index (χ0v) is 24.4. The van der Waals surface area contributed by atoms with Gasteiger partial charge >= 0.3 is 5.97 Å². The molecule has 0 saturated carbocycles. The van der Waals surface area contributed by atoms with Gasteiger partial charge in [-0.15, -0.1) is 11.3 Å². The van der Waals surface area contributed by atoms with Crippen LogP contribution in [0.1, 0.15) is 36.3 Å². The first kappa shape index (κ1) is 27.1. The van der Waals surface area contributed by atoms with Crippen LogP contribution in [-0.2, 0) is 25.2 Å². The van der Waals surface area contributed by atoms with E-state index in [4.69, 9.17) is 9.72 Å². The Morgan fingerprint density at radius 3 is 2.63 bits per heavy atom. The predicted molar refractivity (Wildman–Crippen MR) is 162 cm³/mol. The van der Waals surface area contributed by atoms with E-state index in [-0.39, 0.29) is 11.3 Å². The maximum absolute atomic E-state index is 13.5. The van der Waals surface area contributed by atoms with E-state index >= 15 is 0 Å². The van der Waals surface area contributed by atoms with Gasteiger partial charge in [0.2, 0.25) is 0 Å². The Bertz CT molecular complexity index is 2120. The number of hydrogen-bond acceptors (Lipinski definition) is 9. The number of aliphatic hydroxyl groups is 1. The summed E-state index contributed by atoms with van der Waals surface area (Å²) in [7, 11) is -3.89. The van der Waals surface area contributed by atoms with Gasteiger partial charge in [0.05, 0.1) is 16.3 Å². The average molecular weight is 609 g/mol. The molecular formula is C32H24N4O5S2. The number of aromatic nitrogens is 4. The van der Waals surface area contributed by atoms with Gasteiger partial charge in [-0.05, 0) is 42.0 Å². The molecule has 2 unspecified atom stereocenters. The zero-order valence-electron chi connectivity index (χ0n) is 22.8. The first-order valence-electron chi connectivity index (χ1n) is 13.4. The third-order valence-electron chi connectivity index (χ3n) is 7.57. The summed E-state index contributed by atoms with van der Waals surface area (Å²) in [5.74, 6) is -0.430. The van der Waals surface area contributed by atoms with Crippen LogP contribution < -0.4 is 0 Å². The number of benzene rings is 2. The molecule has 2 atom stereocenters. The van der Waals surface area contributed by atoms with Crippen molar-refractivity contribution in [1.82, 2.24) is 18.9 Å². The van der Waals surface area contributed by atoms with Gasteiger partial charge in [-0.25, -0.2) is 22.4 Å². The monoisotopic (exact) mass is 608 g/mol. The average Bonchev–Trinajstić information content (AvgIpc) is 3.73. The molecule has 1 aliphatic carbocycles. The minimum atomic E-state index is -3.89. The number of carbonyl (C=O) groups is 1. The molecular weight excluding hydrogens is 585 g/mol. The summed E-state index contributed by atoms with van der Waals surface area (Å²) >= 11 is 1.39. The molecule has 0 amide bonds. The number of thiazole rings is 1. The lowest BCUT2D eigenvalue weighted by Crippen LogP contribution is -2.25. The van der Waals surface area contributed by atoms with Crippen LogP contribution in [-0.4, -0.2) is 38.4 Å². The van der Waals surface area contributed by atoms with E-state index in [0.29, 0.717) is 44.1 Å². The van der Waals surface area contributed by atoms with Crippen molar-refractivity contribution in [3.63, 3.8) is 0 Å². The summed E-state index contributed by atoms with van der Waals surface area (Å²) in [6, 6.07) is 22.8. The Kier molecular flexibility index (Phi) is 6.46. The molecule has 214 valence electrons. The summed E-state index contributed by atoms with van der Waals surface area (Å²) in [6.07, 6.45) is 4.28. The molecule has 1 N–H and O–H groups in total. The number of pyridine rings is 2. The Morgan fingerprint density at radius 2 is 1.81 bits per heavy atom. The van der Waals surface area contributed by atoms with E-state index in [1.54, 1.807) is 61.1 Å². The van der Waals surface area contributed by atoms with Crippen LogP contribution in [0.3, 0.4) is 0 Å². The molecule has 43 heavy (non-hydrogen) atoms. The molecule has 0 radical (unpaired) electrons. The fourth-order valence-electron chi connectivity index (χ4n) is 5.61. The third kappa shape index (κ3) is 4.53. The Balaban J connectivity index is 1.27. The van der Waals surface area contributed by atoms with Crippen molar-refractivity contribution in [2.24, 2.45) is 0 Å². The molecule has 6 aromatic rings. The molecule has 0 spiro atoms. The largest absolute Gasteiger partial charge is 0.457 e. The second-order valence-corrected chi connectivity index (χ2v) is 12.9. The molecule has 0 bridgehead atoms. The van der Waals surface area contributed by atoms with Gasteiger partial charge in [0.15, 0.2) is 5.65 Å². The lowest BCUT2D eigenvalue weighted by molar-refractivity contribution is -0.148. The van der Waals surface area contributed by atoms with Crippen molar-refractivity contribution in [2.45, 2.75) is 29.9 Å². The summed E-state index contributed by atoms with van der Waals surface area (Å²) in [4.78, 5) is 25.6. The normalized spacial score (nSPS) is 18.0. The summed E-state index contributed by atoms with van der Waals surface area (Å²) in [6.45, 7) is 1.35. The standard InChI is InChI=1S/C32H24N4O5S2/c1-20(37)41-28-17-32(38,29-25(28)13-7-14-33-29)22-9-5-8-21(16-22)27-19-42-31(35-27)26-18-36(30-24(26)12-6-15-34-30)43(39,40)23-10-3-2-4-11-23/h2-16,18-19,28,38H,17H2,1H3. The highest BCUT2D eigenvalue weighted by atomic mass is 32.2. The maximum atomic E-state index is 13.5. The van der Waals surface area contributed by atoms with Crippen molar-refractivity contribution in [3.8, 4) is 21.8 Å². The highest BCUT2D eigenvalue weighted by Gasteiger charge is 2.46. The fraction of sp³-hybridized carbons (Fsp3) is 0.125. The number of ether oxygens (including phenoxy) is 1. The molecule has 7 rings (SSSR count).